The van der Waals surface area contributed by atoms with Gasteiger partial charge in [0.25, 0.3) is 0 Å². The molecule has 3 rings (SSSR count). The first-order valence-corrected chi connectivity index (χ1v) is 9.61. The largest absolute Gasteiger partial charge is 0.378 e. The number of ether oxygens (including phenoxy) is 1. The smallest absolute Gasteiger partial charge is 0.243 e. The molecule has 0 aliphatic carbocycles. The minimum absolute atomic E-state index is 0.00375. The molecule has 0 atom stereocenters. The number of carbonyl (C=O) groups excluding carboxylic acids is 1. The number of amides is 1. The Bertz CT molecular complexity index is 768. The summed E-state index contributed by atoms with van der Waals surface area (Å²) in [5.41, 5.74) is 5.54. The SMILES string of the molecule is CCN(CC(=O)Nc1ccc(N2CCOCC2)cc1)c1ccc(C)cc1C. The number of nitrogens with one attached hydrogen (secondary N) is 1. The number of anilines is 3. The molecule has 2 aromatic carbocycles. The van der Waals surface area contributed by atoms with Crippen LogP contribution in [0.15, 0.2) is 42.5 Å². The van der Waals surface area contributed by atoms with Crippen LogP contribution in [-0.4, -0.2) is 45.3 Å². The second kappa shape index (κ2) is 8.91. The van der Waals surface area contributed by atoms with E-state index < -0.39 is 0 Å². The molecule has 0 aromatic heterocycles. The number of hydrogen-bond donors (Lipinski definition) is 1. The molecule has 0 bridgehead atoms. The second-order valence-corrected chi connectivity index (χ2v) is 7.00. The van der Waals surface area contributed by atoms with E-state index in [1.54, 1.807) is 0 Å². The highest BCUT2D eigenvalue weighted by Gasteiger charge is 2.14. The molecule has 0 spiro atoms. The number of rotatable bonds is 6. The summed E-state index contributed by atoms with van der Waals surface area (Å²) in [6.07, 6.45) is 0. The number of likely N-dealkylation sites (N-methyl/N-ethyl adjacent to an activating group) is 1. The summed E-state index contributed by atoms with van der Waals surface area (Å²) in [4.78, 5) is 16.9. The molecular weight excluding hydrogens is 338 g/mol. The van der Waals surface area contributed by atoms with Crippen LogP contribution in [0.3, 0.4) is 0 Å². The van der Waals surface area contributed by atoms with Gasteiger partial charge in [0.2, 0.25) is 5.91 Å². The molecule has 1 N–H and O–H groups in total. The van der Waals surface area contributed by atoms with Crippen molar-refractivity contribution in [1.29, 1.82) is 0 Å². The maximum Gasteiger partial charge on any atom is 0.243 e. The zero-order chi connectivity index (χ0) is 19.2. The zero-order valence-corrected chi connectivity index (χ0v) is 16.5. The topological polar surface area (TPSA) is 44.8 Å². The van der Waals surface area contributed by atoms with E-state index in [0.29, 0.717) is 6.54 Å². The predicted molar refractivity (Wildman–Crippen MR) is 112 cm³/mol. The van der Waals surface area contributed by atoms with Gasteiger partial charge in [-0.2, -0.15) is 0 Å². The van der Waals surface area contributed by atoms with Crippen LogP contribution in [0.25, 0.3) is 0 Å². The summed E-state index contributed by atoms with van der Waals surface area (Å²) >= 11 is 0. The van der Waals surface area contributed by atoms with E-state index in [4.69, 9.17) is 4.74 Å². The van der Waals surface area contributed by atoms with Gasteiger partial charge in [-0.1, -0.05) is 17.7 Å². The summed E-state index contributed by atoms with van der Waals surface area (Å²) < 4.78 is 5.39. The Morgan fingerprint density at radius 2 is 1.81 bits per heavy atom. The van der Waals surface area contributed by atoms with Gasteiger partial charge in [-0.15, -0.1) is 0 Å². The molecule has 1 fully saturated rings. The number of nitrogens with zero attached hydrogens (tertiary/aromatic N) is 2. The van der Waals surface area contributed by atoms with Crippen LogP contribution in [0.4, 0.5) is 17.1 Å². The first-order chi connectivity index (χ1) is 13.1. The van der Waals surface area contributed by atoms with Crippen LogP contribution in [0, 0.1) is 13.8 Å². The first kappa shape index (κ1) is 19.2. The Morgan fingerprint density at radius 1 is 1.11 bits per heavy atom. The van der Waals surface area contributed by atoms with Crippen LogP contribution in [0.1, 0.15) is 18.1 Å². The lowest BCUT2D eigenvalue weighted by molar-refractivity contribution is -0.115. The number of benzene rings is 2. The first-order valence-electron chi connectivity index (χ1n) is 9.61. The van der Waals surface area contributed by atoms with Crippen LogP contribution in [-0.2, 0) is 9.53 Å². The van der Waals surface area contributed by atoms with Gasteiger partial charge in [0.15, 0.2) is 0 Å². The monoisotopic (exact) mass is 367 g/mol. The molecule has 1 heterocycles. The Kier molecular flexibility index (Phi) is 6.35. The van der Waals surface area contributed by atoms with E-state index in [0.717, 1.165) is 44.2 Å². The van der Waals surface area contributed by atoms with Gasteiger partial charge in [0, 0.05) is 36.7 Å². The fraction of sp³-hybridized carbons (Fsp3) is 0.409. The highest BCUT2D eigenvalue weighted by molar-refractivity contribution is 5.94. The maximum atomic E-state index is 12.5. The van der Waals surface area contributed by atoms with E-state index in [2.05, 4.69) is 66.2 Å². The highest BCUT2D eigenvalue weighted by Crippen LogP contribution is 2.22. The predicted octanol–water partition coefficient (Wildman–Crippen LogP) is 3.61. The van der Waals surface area contributed by atoms with E-state index in [1.165, 1.54) is 16.8 Å². The third-order valence-corrected chi connectivity index (χ3v) is 4.94. The maximum absolute atomic E-state index is 12.5. The number of aryl methyl sites for hydroxylation is 2. The molecule has 144 valence electrons. The Labute approximate surface area is 161 Å². The quantitative estimate of drug-likeness (QED) is 0.847. The number of carbonyl (C=O) groups is 1. The summed E-state index contributed by atoms with van der Waals surface area (Å²) in [7, 11) is 0. The molecule has 1 aliphatic rings. The fourth-order valence-corrected chi connectivity index (χ4v) is 3.48. The molecule has 1 amide bonds. The van der Waals surface area contributed by atoms with Crippen molar-refractivity contribution in [3.8, 4) is 0 Å². The average Bonchev–Trinajstić information content (AvgIpc) is 2.68. The lowest BCUT2D eigenvalue weighted by Crippen LogP contribution is -2.36. The third kappa shape index (κ3) is 5.01. The lowest BCUT2D eigenvalue weighted by Gasteiger charge is -2.29. The fourth-order valence-electron chi connectivity index (χ4n) is 3.48. The number of morpholine rings is 1. The molecule has 1 saturated heterocycles. The van der Waals surface area contributed by atoms with Crippen molar-refractivity contribution in [3.05, 3.63) is 53.6 Å². The summed E-state index contributed by atoms with van der Waals surface area (Å²) in [5.74, 6) is -0.00375. The number of hydrogen-bond acceptors (Lipinski definition) is 4. The summed E-state index contributed by atoms with van der Waals surface area (Å²) in [6.45, 7) is 10.7. The van der Waals surface area contributed by atoms with Crippen LogP contribution >= 0.6 is 0 Å². The van der Waals surface area contributed by atoms with Crippen molar-refractivity contribution in [2.24, 2.45) is 0 Å². The third-order valence-electron chi connectivity index (χ3n) is 4.94. The molecular formula is C22H29N3O2. The normalized spacial score (nSPS) is 14.1. The van der Waals surface area contributed by atoms with E-state index in [9.17, 15) is 4.79 Å². The molecule has 2 aromatic rings. The van der Waals surface area contributed by atoms with Crippen molar-refractivity contribution >= 4 is 23.0 Å². The standard InChI is InChI=1S/C22H29N3O2/c1-4-24(21-10-5-17(2)15-18(21)3)16-22(26)23-19-6-8-20(9-7-19)25-11-13-27-14-12-25/h5-10,15H,4,11-14,16H2,1-3H3,(H,23,26). The van der Waals surface area contributed by atoms with Gasteiger partial charge in [-0.3, -0.25) is 4.79 Å². The molecule has 0 saturated carbocycles. The van der Waals surface area contributed by atoms with E-state index in [1.807, 2.05) is 12.1 Å². The molecule has 0 radical (unpaired) electrons. The van der Waals surface area contributed by atoms with Crippen molar-refractivity contribution in [2.45, 2.75) is 20.8 Å². The van der Waals surface area contributed by atoms with Crippen LogP contribution in [0.5, 0.6) is 0 Å². The molecule has 5 nitrogen and oxygen atoms in total. The van der Waals surface area contributed by atoms with Gasteiger partial charge < -0.3 is 19.9 Å². The van der Waals surface area contributed by atoms with E-state index >= 15 is 0 Å². The van der Waals surface area contributed by atoms with Crippen LogP contribution in [0.2, 0.25) is 0 Å². The zero-order valence-electron chi connectivity index (χ0n) is 16.5. The Hall–Kier alpha value is -2.53. The van der Waals surface area contributed by atoms with Gasteiger partial charge in [-0.25, -0.2) is 0 Å². The molecule has 27 heavy (non-hydrogen) atoms. The molecule has 5 heteroatoms. The molecule has 0 unspecified atom stereocenters. The van der Waals surface area contributed by atoms with Gasteiger partial charge in [0.05, 0.1) is 19.8 Å². The summed E-state index contributed by atoms with van der Waals surface area (Å²) in [6, 6.07) is 14.4. The summed E-state index contributed by atoms with van der Waals surface area (Å²) in [5, 5.41) is 3.01. The van der Waals surface area contributed by atoms with Crippen LogP contribution < -0.4 is 15.1 Å². The van der Waals surface area contributed by atoms with Gasteiger partial charge >= 0.3 is 0 Å². The van der Waals surface area contributed by atoms with E-state index in [-0.39, 0.29) is 5.91 Å². The minimum atomic E-state index is -0.00375. The van der Waals surface area contributed by atoms with Crippen molar-refractivity contribution in [3.63, 3.8) is 0 Å². The highest BCUT2D eigenvalue weighted by atomic mass is 16.5. The van der Waals surface area contributed by atoms with Crippen molar-refractivity contribution in [2.75, 3.05) is 54.5 Å². The second-order valence-electron chi connectivity index (χ2n) is 7.00. The minimum Gasteiger partial charge on any atom is -0.378 e. The Morgan fingerprint density at radius 3 is 2.44 bits per heavy atom. The lowest BCUT2D eigenvalue weighted by atomic mass is 10.1. The van der Waals surface area contributed by atoms with Gasteiger partial charge in [-0.05, 0) is 56.7 Å². The van der Waals surface area contributed by atoms with Crippen molar-refractivity contribution in [1.82, 2.24) is 0 Å². The average molecular weight is 367 g/mol. The van der Waals surface area contributed by atoms with Gasteiger partial charge in [0.1, 0.15) is 0 Å². The Balaban J connectivity index is 1.60. The molecule has 1 aliphatic heterocycles. The van der Waals surface area contributed by atoms with Crippen molar-refractivity contribution < 1.29 is 9.53 Å².